The third kappa shape index (κ3) is 3.75. The second-order valence-corrected chi connectivity index (χ2v) is 5.24. The lowest BCUT2D eigenvalue weighted by molar-refractivity contribution is -0.385. The molecule has 1 amide bonds. The first-order chi connectivity index (χ1) is 9.99. The van der Waals surface area contributed by atoms with Crippen molar-refractivity contribution >= 4 is 11.6 Å². The van der Waals surface area contributed by atoms with Gasteiger partial charge in [-0.2, -0.15) is 0 Å². The number of nitro benzene ring substituents is 1. The Labute approximate surface area is 121 Å². The highest BCUT2D eigenvalue weighted by Crippen LogP contribution is 2.27. The van der Waals surface area contributed by atoms with Crippen molar-refractivity contribution in [2.75, 3.05) is 6.54 Å². The number of nitrogens with zero attached hydrogens (tertiary/aromatic N) is 1. The predicted octanol–water partition coefficient (Wildman–Crippen LogP) is 2.01. The molecule has 7 heteroatoms. The van der Waals surface area contributed by atoms with Crippen LogP contribution in [0.1, 0.15) is 36.0 Å². The van der Waals surface area contributed by atoms with Crippen LogP contribution < -0.4 is 5.32 Å². The van der Waals surface area contributed by atoms with Crippen LogP contribution in [0.3, 0.4) is 0 Å². The molecule has 2 rings (SSSR count). The number of hydrogen-bond donors (Lipinski definition) is 2. The monoisotopic (exact) mass is 296 g/mol. The lowest BCUT2D eigenvalue weighted by Crippen LogP contribution is -2.35. The van der Waals surface area contributed by atoms with E-state index in [-0.39, 0.29) is 18.0 Å². The van der Waals surface area contributed by atoms with Crippen LogP contribution in [0.15, 0.2) is 18.2 Å². The summed E-state index contributed by atoms with van der Waals surface area (Å²) in [5.74, 6) is -1.46. The average Bonchev–Trinajstić information content (AvgIpc) is 2.98. The third-order valence-corrected chi connectivity index (χ3v) is 3.82. The molecule has 0 spiro atoms. The molecule has 21 heavy (non-hydrogen) atoms. The van der Waals surface area contributed by atoms with Crippen molar-refractivity contribution in [1.29, 1.82) is 0 Å². The number of halogens is 1. The fourth-order valence-electron chi connectivity index (χ4n) is 2.60. The minimum absolute atomic E-state index is 0.0555. The summed E-state index contributed by atoms with van der Waals surface area (Å²) >= 11 is 0. The fourth-order valence-corrected chi connectivity index (χ4v) is 2.60. The molecule has 1 aromatic carbocycles. The van der Waals surface area contributed by atoms with Gasteiger partial charge in [0.2, 0.25) is 0 Å². The molecule has 0 saturated heterocycles. The molecule has 0 heterocycles. The predicted molar refractivity (Wildman–Crippen MR) is 73.4 cm³/mol. The normalized spacial score (nSPS) is 16.7. The van der Waals surface area contributed by atoms with Crippen LogP contribution in [-0.2, 0) is 0 Å². The quantitative estimate of drug-likeness (QED) is 0.642. The molecule has 1 fully saturated rings. The van der Waals surface area contributed by atoms with Gasteiger partial charge in [0.1, 0.15) is 5.82 Å². The lowest BCUT2D eigenvalue weighted by Gasteiger charge is -2.18. The van der Waals surface area contributed by atoms with Gasteiger partial charge in [-0.3, -0.25) is 14.9 Å². The Kier molecular flexibility index (Phi) is 4.85. The molecule has 1 aliphatic rings. The molecule has 1 aliphatic carbocycles. The number of aliphatic hydroxyl groups is 1. The molecule has 1 atom stereocenters. The van der Waals surface area contributed by atoms with Gasteiger partial charge in [0.15, 0.2) is 0 Å². The van der Waals surface area contributed by atoms with E-state index < -0.39 is 28.4 Å². The van der Waals surface area contributed by atoms with Gasteiger partial charge in [-0.1, -0.05) is 12.8 Å². The summed E-state index contributed by atoms with van der Waals surface area (Å²) in [6.07, 6.45) is 3.38. The van der Waals surface area contributed by atoms with Crippen molar-refractivity contribution in [2.24, 2.45) is 5.92 Å². The van der Waals surface area contributed by atoms with Crippen molar-refractivity contribution in [3.8, 4) is 0 Å². The molecule has 6 nitrogen and oxygen atoms in total. The Morgan fingerprint density at radius 3 is 2.71 bits per heavy atom. The number of carbonyl (C=O) groups is 1. The second kappa shape index (κ2) is 6.62. The van der Waals surface area contributed by atoms with Gasteiger partial charge in [-0.05, 0) is 24.8 Å². The Bertz CT molecular complexity index is 544. The number of nitro groups is 1. The van der Waals surface area contributed by atoms with E-state index in [2.05, 4.69) is 5.32 Å². The maximum absolute atomic E-state index is 13.7. The minimum atomic E-state index is -0.947. The number of amides is 1. The number of rotatable bonds is 5. The number of nitrogens with one attached hydrogen (secondary N) is 1. The zero-order chi connectivity index (χ0) is 15.4. The van der Waals surface area contributed by atoms with Crippen molar-refractivity contribution in [1.82, 2.24) is 5.32 Å². The van der Waals surface area contributed by atoms with E-state index in [0.29, 0.717) is 6.07 Å². The van der Waals surface area contributed by atoms with E-state index in [0.717, 1.165) is 37.8 Å². The number of benzene rings is 1. The topological polar surface area (TPSA) is 92.5 Å². The summed E-state index contributed by atoms with van der Waals surface area (Å²) in [7, 11) is 0. The first-order valence-corrected chi connectivity index (χ1v) is 6.89. The number of hydrogen-bond acceptors (Lipinski definition) is 4. The van der Waals surface area contributed by atoms with Crippen LogP contribution in [0, 0.1) is 21.8 Å². The highest BCUT2D eigenvalue weighted by atomic mass is 19.1. The Hall–Kier alpha value is -2.02. The average molecular weight is 296 g/mol. The Morgan fingerprint density at radius 1 is 1.48 bits per heavy atom. The standard InChI is InChI=1S/C14H17FN2O4/c15-12-7-10(17(20)21)5-6-11(12)14(19)16-8-13(18)9-3-1-2-4-9/h5-7,9,13,18H,1-4,8H2,(H,16,19). The maximum Gasteiger partial charge on any atom is 0.272 e. The number of non-ortho nitro benzene ring substituents is 1. The van der Waals surface area contributed by atoms with Crippen LogP contribution in [0.4, 0.5) is 10.1 Å². The molecular weight excluding hydrogens is 279 g/mol. The van der Waals surface area contributed by atoms with Crippen LogP contribution >= 0.6 is 0 Å². The Balaban J connectivity index is 1.95. The largest absolute Gasteiger partial charge is 0.391 e. The van der Waals surface area contributed by atoms with Gasteiger partial charge in [0.25, 0.3) is 11.6 Å². The number of aliphatic hydroxyl groups excluding tert-OH is 1. The second-order valence-electron chi connectivity index (χ2n) is 5.24. The molecule has 0 radical (unpaired) electrons. The van der Waals surface area contributed by atoms with Crippen LogP contribution in [0.25, 0.3) is 0 Å². The molecule has 1 unspecified atom stereocenters. The van der Waals surface area contributed by atoms with Gasteiger partial charge in [-0.25, -0.2) is 4.39 Å². The summed E-state index contributed by atoms with van der Waals surface area (Å²) in [6, 6.07) is 2.86. The molecule has 1 aromatic rings. The van der Waals surface area contributed by atoms with Crippen molar-refractivity contribution in [3.05, 3.63) is 39.7 Å². The van der Waals surface area contributed by atoms with Crippen LogP contribution in [0.2, 0.25) is 0 Å². The van der Waals surface area contributed by atoms with Crippen LogP contribution in [-0.4, -0.2) is 28.6 Å². The Morgan fingerprint density at radius 2 is 2.14 bits per heavy atom. The smallest absolute Gasteiger partial charge is 0.272 e. The highest BCUT2D eigenvalue weighted by molar-refractivity contribution is 5.94. The van der Waals surface area contributed by atoms with E-state index in [1.165, 1.54) is 0 Å². The zero-order valence-corrected chi connectivity index (χ0v) is 11.4. The molecule has 0 bridgehead atoms. The SMILES string of the molecule is O=C(NCC(O)C1CCCC1)c1ccc([N+](=O)[O-])cc1F. The summed E-state index contributed by atoms with van der Waals surface area (Å²) in [6.45, 7) is 0.0555. The molecule has 114 valence electrons. The fraction of sp³-hybridized carbons (Fsp3) is 0.500. The summed E-state index contributed by atoms with van der Waals surface area (Å²) < 4.78 is 13.7. The highest BCUT2D eigenvalue weighted by Gasteiger charge is 2.24. The van der Waals surface area contributed by atoms with Crippen molar-refractivity contribution in [3.63, 3.8) is 0 Å². The summed E-state index contributed by atoms with van der Waals surface area (Å²) in [5.41, 5.74) is -0.672. The zero-order valence-electron chi connectivity index (χ0n) is 11.4. The van der Waals surface area contributed by atoms with E-state index in [9.17, 15) is 24.4 Å². The maximum atomic E-state index is 13.7. The summed E-state index contributed by atoms with van der Waals surface area (Å²) in [4.78, 5) is 21.6. The first-order valence-electron chi connectivity index (χ1n) is 6.89. The van der Waals surface area contributed by atoms with Gasteiger partial charge in [0.05, 0.1) is 22.7 Å². The van der Waals surface area contributed by atoms with Crippen LogP contribution in [0.5, 0.6) is 0 Å². The van der Waals surface area contributed by atoms with E-state index in [1.54, 1.807) is 0 Å². The van der Waals surface area contributed by atoms with Gasteiger partial charge in [-0.15, -0.1) is 0 Å². The van der Waals surface area contributed by atoms with E-state index in [1.807, 2.05) is 0 Å². The molecular formula is C14H17FN2O4. The lowest BCUT2D eigenvalue weighted by atomic mass is 10.0. The minimum Gasteiger partial charge on any atom is -0.391 e. The van der Waals surface area contributed by atoms with Gasteiger partial charge in [0, 0.05) is 12.6 Å². The van der Waals surface area contributed by atoms with Gasteiger partial charge >= 0.3 is 0 Å². The molecule has 1 saturated carbocycles. The number of carbonyl (C=O) groups excluding carboxylic acids is 1. The summed E-state index contributed by atoms with van der Waals surface area (Å²) in [5, 5.41) is 22.9. The van der Waals surface area contributed by atoms with E-state index >= 15 is 0 Å². The van der Waals surface area contributed by atoms with Crippen molar-refractivity contribution < 1.29 is 19.2 Å². The molecule has 0 aromatic heterocycles. The first kappa shape index (κ1) is 15.4. The van der Waals surface area contributed by atoms with Crippen molar-refractivity contribution in [2.45, 2.75) is 31.8 Å². The molecule has 0 aliphatic heterocycles. The van der Waals surface area contributed by atoms with Gasteiger partial charge < -0.3 is 10.4 Å². The van der Waals surface area contributed by atoms with E-state index in [4.69, 9.17) is 0 Å². The molecule has 2 N–H and O–H groups in total. The third-order valence-electron chi connectivity index (χ3n) is 3.82.